The first kappa shape index (κ1) is 15.3. The molecule has 0 radical (unpaired) electrons. The van der Waals surface area contributed by atoms with E-state index in [1.807, 2.05) is 13.8 Å². The Morgan fingerprint density at radius 1 is 1.52 bits per heavy atom. The van der Waals surface area contributed by atoms with Gasteiger partial charge in [0.1, 0.15) is 5.75 Å². The minimum atomic E-state index is -0.288. The number of carbonyl (C=O) groups excluding carboxylic acids is 2. The molecule has 2 amide bonds. The number of anilines is 1. The third-order valence-corrected chi connectivity index (χ3v) is 3.72. The standard InChI is InChI=1S/C15H20N2O4/c1-3-9(2)12(7-18)17-15(20)10-4-5-13-11(6-10)16-14(19)8-21-13/h4-6,9,12,18H,3,7-8H2,1-2H3,(H,16,19)(H,17,20). The molecule has 3 N–H and O–H groups in total. The van der Waals surface area contributed by atoms with Gasteiger partial charge in [0.15, 0.2) is 6.61 Å². The molecule has 0 aromatic heterocycles. The number of aliphatic hydroxyl groups is 1. The summed E-state index contributed by atoms with van der Waals surface area (Å²) in [5.74, 6) is 0.205. The number of benzene rings is 1. The second kappa shape index (κ2) is 6.58. The van der Waals surface area contributed by atoms with Gasteiger partial charge in [-0.15, -0.1) is 0 Å². The van der Waals surface area contributed by atoms with Crippen LogP contribution >= 0.6 is 0 Å². The summed E-state index contributed by atoms with van der Waals surface area (Å²) in [6.07, 6.45) is 0.861. The Morgan fingerprint density at radius 3 is 2.95 bits per heavy atom. The van der Waals surface area contributed by atoms with Crippen LogP contribution in [0.25, 0.3) is 0 Å². The molecule has 0 fully saturated rings. The molecule has 1 aromatic carbocycles. The molecule has 1 aliphatic heterocycles. The fourth-order valence-corrected chi connectivity index (χ4v) is 2.13. The van der Waals surface area contributed by atoms with Gasteiger partial charge in [-0.05, 0) is 24.1 Å². The Balaban J connectivity index is 2.12. The van der Waals surface area contributed by atoms with E-state index in [0.29, 0.717) is 17.0 Å². The molecule has 6 heteroatoms. The molecule has 21 heavy (non-hydrogen) atoms. The first-order valence-electron chi connectivity index (χ1n) is 7.03. The zero-order valence-electron chi connectivity index (χ0n) is 12.2. The SMILES string of the molecule is CCC(C)C(CO)NC(=O)c1ccc2c(c1)NC(=O)CO2. The number of hydrogen-bond donors (Lipinski definition) is 3. The highest BCUT2D eigenvalue weighted by molar-refractivity contribution is 5.99. The van der Waals surface area contributed by atoms with Crippen molar-refractivity contribution in [2.75, 3.05) is 18.5 Å². The lowest BCUT2D eigenvalue weighted by Crippen LogP contribution is -2.41. The van der Waals surface area contributed by atoms with Gasteiger partial charge in [-0.1, -0.05) is 20.3 Å². The molecule has 114 valence electrons. The average molecular weight is 292 g/mol. The van der Waals surface area contributed by atoms with Gasteiger partial charge in [-0.2, -0.15) is 0 Å². The summed E-state index contributed by atoms with van der Waals surface area (Å²) in [5, 5.41) is 14.8. The molecule has 2 atom stereocenters. The average Bonchev–Trinajstić information content (AvgIpc) is 2.50. The van der Waals surface area contributed by atoms with E-state index >= 15 is 0 Å². The van der Waals surface area contributed by atoms with E-state index < -0.39 is 0 Å². The van der Waals surface area contributed by atoms with E-state index in [0.717, 1.165) is 6.42 Å². The van der Waals surface area contributed by atoms with E-state index in [4.69, 9.17) is 4.74 Å². The van der Waals surface area contributed by atoms with Crippen molar-refractivity contribution >= 4 is 17.5 Å². The van der Waals surface area contributed by atoms with Crippen molar-refractivity contribution in [1.29, 1.82) is 0 Å². The quantitative estimate of drug-likeness (QED) is 0.760. The number of carbonyl (C=O) groups is 2. The van der Waals surface area contributed by atoms with E-state index in [-0.39, 0.29) is 37.0 Å². The van der Waals surface area contributed by atoms with Crippen molar-refractivity contribution in [3.05, 3.63) is 23.8 Å². The van der Waals surface area contributed by atoms with Crippen LogP contribution in [0, 0.1) is 5.92 Å². The zero-order chi connectivity index (χ0) is 15.4. The second-order valence-electron chi connectivity index (χ2n) is 5.20. The Kier molecular flexibility index (Phi) is 4.80. The summed E-state index contributed by atoms with van der Waals surface area (Å²) in [7, 11) is 0. The van der Waals surface area contributed by atoms with Gasteiger partial charge in [0, 0.05) is 5.56 Å². The van der Waals surface area contributed by atoms with Gasteiger partial charge in [0.05, 0.1) is 18.3 Å². The summed E-state index contributed by atoms with van der Waals surface area (Å²) in [4.78, 5) is 23.5. The van der Waals surface area contributed by atoms with Gasteiger partial charge < -0.3 is 20.5 Å². The number of aliphatic hydroxyl groups excluding tert-OH is 1. The largest absolute Gasteiger partial charge is 0.482 e. The van der Waals surface area contributed by atoms with Gasteiger partial charge in [0.2, 0.25) is 0 Å². The molecule has 0 bridgehead atoms. The topological polar surface area (TPSA) is 87.7 Å². The van der Waals surface area contributed by atoms with Crippen LogP contribution in [-0.4, -0.2) is 36.2 Å². The Bertz CT molecular complexity index is 544. The molecule has 0 spiro atoms. The number of ether oxygens (including phenoxy) is 1. The zero-order valence-corrected chi connectivity index (χ0v) is 12.2. The maximum absolute atomic E-state index is 12.2. The van der Waals surface area contributed by atoms with Gasteiger partial charge >= 0.3 is 0 Å². The minimum absolute atomic E-state index is 0.0147. The highest BCUT2D eigenvalue weighted by atomic mass is 16.5. The van der Waals surface area contributed by atoms with E-state index in [1.54, 1.807) is 18.2 Å². The lowest BCUT2D eigenvalue weighted by molar-refractivity contribution is -0.118. The molecule has 2 rings (SSSR count). The smallest absolute Gasteiger partial charge is 0.262 e. The molecular weight excluding hydrogens is 272 g/mol. The molecule has 1 aromatic rings. The van der Waals surface area contributed by atoms with Crippen LogP contribution in [0.4, 0.5) is 5.69 Å². The Hall–Kier alpha value is -2.08. The van der Waals surface area contributed by atoms with Crippen molar-refractivity contribution in [3.8, 4) is 5.75 Å². The molecular formula is C15H20N2O4. The second-order valence-corrected chi connectivity index (χ2v) is 5.20. The molecule has 0 saturated heterocycles. The first-order chi connectivity index (χ1) is 10.0. The van der Waals surface area contributed by atoms with Crippen LogP contribution in [0.2, 0.25) is 0 Å². The van der Waals surface area contributed by atoms with Crippen molar-refractivity contribution < 1.29 is 19.4 Å². The van der Waals surface area contributed by atoms with Crippen LogP contribution in [0.3, 0.4) is 0 Å². The summed E-state index contributed by atoms with van der Waals surface area (Å²) >= 11 is 0. The maximum Gasteiger partial charge on any atom is 0.262 e. The van der Waals surface area contributed by atoms with Crippen molar-refractivity contribution in [2.45, 2.75) is 26.3 Å². The van der Waals surface area contributed by atoms with Gasteiger partial charge in [0.25, 0.3) is 11.8 Å². The minimum Gasteiger partial charge on any atom is -0.482 e. The van der Waals surface area contributed by atoms with Crippen molar-refractivity contribution in [1.82, 2.24) is 5.32 Å². The third-order valence-electron chi connectivity index (χ3n) is 3.72. The fourth-order valence-electron chi connectivity index (χ4n) is 2.13. The van der Waals surface area contributed by atoms with Crippen LogP contribution in [-0.2, 0) is 4.79 Å². The summed E-state index contributed by atoms with van der Waals surface area (Å²) in [5.41, 5.74) is 0.907. The highest BCUT2D eigenvalue weighted by Gasteiger charge is 2.21. The Labute approximate surface area is 123 Å². The first-order valence-corrected chi connectivity index (χ1v) is 7.03. The molecule has 2 unspecified atom stereocenters. The molecule has 1 heterocycles. The number of fused-ring (bicyclic) bond motifs is 1. The van der Waals surface area contributed by atoms with Crippen LogP contribution in [0.1, 0.15) is 30.6 Å². The Morgan fingerprint density at radius 2 is 2.29 bits per heavy atom. The predicted octanol–water partition coefficient (Wildman–Crippen LogP) is 1.15. The van der Waals surface area contributed by atoms with E-state index in [2.05, 4.69) is 10.6 Å². The van der Waals surface area contributed by atoms with Gasteiger partial charge in [-0.25, -0.2) is 0 Å². The normalized spacial score (nSPS) is 16.2. The molecule has 1 aliphatic rings. The van der Waals surface area contributed by atoms with Crippen LogP contribution in [0.5, 0.6) is 5.75 Å². The molecule has 6 nitrogen and oxygen atoms in total. The summed E-state index contributed by atoms with van der Waals surface area (Å²) < 4.78 is 5.24. The van der Waals surface area contributed by atoms with E-state index in [9.17, 15) is 14.7 Å². The highest BCUT2D eigenvalue weighted by Crippen LogP contribution is 2.28. The fraction of sp³-hybridized carbons (Fsp3) is 0.467. The van der Waals surface area contributed by atoms with Crippen molar-refractivity contribution in [3.63, 3.8) is 0 Å². The number of nitrogens with one attached hydrogen (secondary N) is 2. The third kappa shape index (κ3) is 3.52. The predicted molar refractivity (Wildman–Crippen MR) is 78.4 cm³/mol. The number of hydrogen-bond acceptors (Lipinski definition) is 4. The number of amides is 2. The lowest BCUT2D eigenvalue weighted by Gasteiger charge is -2.23. The van der Waals surface area contributed by atoms with Crippen LogP contribution in [0.15, 0.2) is 18.2 Å². The van der Waals surface area contributed by atoms with Crippen molar-refractivity contribution in [2.24, 2.45) is 5.92 Å². The monoisotopic (exact) mass is 292 g/mol. The summed E-state index contributed by atoms with van der Waals surface area (Å²) in [6, 6.07) is 4.58. The van der Waals surface area contributed by atoms with Crippen LogP contribution < -0.4 is 15.4 Å². The molecule has 0 saturated carbocycles. The maximum atomic E-state index is 12.2. The van der Waals surface area contributed by atoms with E-state index in [1.165, 1.54) is 0 Å². The van der Waals surface area contributed by atoms with Gasteiger partial charge in [-0.3, -0.25) is 9.59 Å². The summed E-state index contributed by atoms with van der Waals surface area (Å²) in [6.45, 7) is 3.86. The number of rotatable bonds is 5. The lowest BCUT2D eigenvalue weighted by atomic mass is 9.99. The molecule has 0 aliphatic carbocycles.